The molecule has 102 valence electrons. The summed E-state index contributed by atoms with van der Waals surface area (Å²) in [6.45, 7) is 2.01. The fourth-order valence-corrected chi connectivity index (χ4v) is 2.68. The Morgan fingerprint density at radius 1 is 1.35 bits per heavy atom. The number of rotatable bonds is 3. The van der Waals surface area contributed by atoms with Crippen molar-refractivity contribution >= 4 is 33.3 Å². The number of para-hydroxylation sites is 1. The van der Waals surface area contributed by atoms with E-state index >= 15 is 0 Å². The Morgan fingerprint density at radius 3 is 2.85 bits per heavy atom. The topological polar surface area (TPSA) is 76.3 Å². The fourth-order valence-electron chi connectivity index (χ4n) is 2.10. The Kier molecular flexibility index (Phi) is 3.13. The molecule has 0 bridgehead atoms. The average molecular weight is 336 g/mol. The number of anilines is 1. The number of aryl methyl sites for hydroxylation is 1. The Morgan fingerprint density at radius 2 is 2.15 bits per heavy atom. The molecule has 20 heavy (non-hydrogen) atoms. The van der Waals surface area contributed by atoms with Gasteiger partial charge in [0.05, 0.1) is 17.8 Å². The summed E-state index contributed by atoms with van der Waals surface area (Å²) in [5, 5.41) is 3.81. The van der Waals surface area contributed by atoms with Crippen molar-refractivity contribution < 1.29 is 14.1 Å². The zero-order chi connectivity index (χ0) is 14.3. The van der Waals surface area contributed by atoms with Crippen LogP contribution in [0.2, 0.25) is 0 Å². The van der Waals surface area contributed by atoms with E-state index in [0.717, 1.165) is 0 Å². The highest BCUT2D eigenvalue weighted by molar-refractivity contribution is 9.10. The summed E-state index contributed by atoms with van der Waals surface area (Å²) < 4.78 is 5.70. The van der Waals surface area contributed by atoms with Crippen LogP contribution in [0.5, 0.6) is 0 Å². The van der Waals surface area contributed by atoms with E-state index in [1.165, 1.54) is 4.90 Å². The minimum absolute atomic E-state index is 0.115. The van der Waals surface area contributed by atoms with Crippen LogP contribution in [-0.4, -0.2) is 21.8 Å². The summed E-state index contributed by atoms with van der Waals surface area (Å²) in [6.07, 6.45) is 0.625. The predicted octanol–water partition coefficient (Wildman–Crippen LogP) is 2.12. The second-order valence-electron chi connectivity index (χ2n) is 4.31. The van der Waals surface area contributed by atoms with Gasteiger partial charge in [0.1, 0.15) is 0 Å². The number of aromatic nitrogens is 2. The molecular formula is C13H10BrN3O3. The molecule has 1 aromatic carbocycles. The van der Waals surface area contributed by atoms with Crippen LogP contribution in [0.25, 0.3) is 0 Å². The lowest BCUT2D eigenvalue weighted by Crippen LogP contribution is -2.29. The number of amides is 1. The van der Waals surface area contributed by atoms with Gasteiger partial charge in [-0.2, -0.15) is 4.98 Å². The minimum Gasteiger partial charge on any atom is -0.339 e. The molecule has 1 aliphatic rings. The van der Waals surface area contributed by atoms with E-state index in [1.807, 2.05) is 6.92 Å². The van der Waals surface area contributed by atoms with Gasteiger partial charge < -0.3 is 4.52 Å². The molecule has 0 aliphatic carbocycles. The first kappa shape index (κ1) is 13.0. The number of nitrogens with zero attached hydrogens (tertiary/aromatic N) is 3. The van der Waals surface area contributed by atoms with Crippen LogP contribution < -0.4 is 4.90 Å². The molecule has 0 radical (unpaired) electrons. The molecule has 2 aromatic rings. The number of benzene rings is 1. The summed E-state index contributed by atoms with van der Waals surface area (Å²) in [5.74, 6) is -0.202. The maximum absolute atomic E-state index is 12.1. The van der Waals surface area contributed by atoms with Gasteiger partial charge in [-0.3, -0.25) is 14.5 Å². The molecule has 0 saturated carbocycles. The van der Waals surface area contributed by atoms with Crippen molar-refractivity contribution in [2.45, 2.75) is 19.9 Å². The van der Waals surface area contributed by atoms with Crippen LogP contribution in [0.1, 0.15) is 29.0 Å². The van der Waals surface area contributed by atoms with E-state index in [-0.39, 0.29) is 6.54 Å². The van der Waals surface area contributed by atoms with Crippen molar-refractivity contribution in [2.24, 2.45) is 0 Å². The third-order valence-electron chi connectivity index (χ3n) is 3.05. The summed E-state index contributed by atoms with van der Waals surface area (Å²) in [6, 6.07) is 5.14. The Labute approximate surface area is 122 Å². The van der Waals surface area contributed by atoms with E-state index in [2.05, 4.69) is 26.1 Å². The number of fused-ring (bicyclic) bond motifs is 1. The van der Waals surface area contributed by atoms with Gasteiger partial charge in [-0.05, 0) is 28.1 Å². The zero-order valence-corrected chi connectivity index (χ0v) is 12.2. The lowest BCUT2D eigenvalue weighted by Gasteiger charge is -2.15. The van der Waals surface area contributed by atoms with E-state index in [4.69, 9.17) is 4.52 Å². The number of Topliss-reactive ketones (excluding diaryl/α,β-unsaturated/α-hetero) is 1. The highest BCUT2D eigenvalue weighted by Gasteiger charge is 2.37. The highest BCUT2D eigenvalue weighted by atomic mass is 79.9. The van der Waals surface area contributed by atoms with Crippen molar-refractivity contribution in [3.8, 4) is 0 Å². The molecule has 1 aliphatic heterocycles. The summed E-state index contributed by atoms with van der Waals surface area (Å²) in [7, 11) is 0. The smallest absolute Gasteiger partial charge is 0.299 e. The lowest BCUT2D eigenvalue weighted by molar-refractivity contribution is -0.114. The largest absolute Gasteiger partial charge is 0.339 e. The maximum Gasteiger partial charge on any atom is 0.299 e. The number of carbonyl (C=O) groups is 2. The number of hydrogen-bond acceptors (Lipinski definition) is 5. The van der Waals surface area contributed by atoms with Gasteiger partial charge >= 0.3 is 0 Å². The van der Waals surface area contributed by atoms with E-state index in [0.29, 0.717) is 33.9 Å². The third kappa shape index (κ3) is 1.94. The van der Waals surface area contributed by atoms with Gasteiger partial charge in [0.15, 0.2) is 5.82 Å². The molecular weight excluding hydrogens is 326 g/mol. The second-order valence-corrected chi connectivity index (χ2v) is 5.17. The third-order valence-corrected chi connectivity index (χ3v) is 3.69. The van der Waals surface area contributed by atoms with Gasteiger partial charge in [0, 0.05) is 10.9 Å². The minimum atomic E-state index is -0.574. The van der Waals surface area contributed by atoms with Gasteiger partial charge in [0.2, 0.25) is 5.89 Å². The maximum atomic E-state index is 12.1. The summed E-state index contributed by atoms with van der Waals surface area (Å²) in [5.41, 5.74) is 0.953. The molecule has 1 aromatic heterocycles. The molecule has 0 fully saturated rings. The molecule has 0 saturated heterocycles. The molecule has 0 spiro atoms. The van der Waals surface area contributed by atoms with Crippen LogP contribution >= 0.6 is 15.9 Å². The highest BCUT2D eigenvalue weighted by Crippen LogP contribution is 2.36. The van der Waals surface area contributed by atoms with Crippen molar-refractivity contribution in [1.82, 2.24) is 10.1 Å². The molecule has 0 atom stereocenters. The monoisotopic (exact) mass is 335 g/mol. The van der Waals surface area contributed by atoms with Crippen molar-refractivity contribution in [3.05, 3.63) is 40.0 Å². The van der Waals surface area contributed by atoms with Gasteiger partial charge in [-0.15, -0.1) is 0 Å². The predicted molar refractivity (Wildman–Crippen MR) is 73.3 cm³/mol. The lowest BCUT2D eigenvalue weighted by atomic mass is 10.1. The number of halogens is 1. The zero-order valence-electron chi connectivity index (χ0n) is 10.6. The summed E-state index contributed by atoms with van der Waals surface area (Å²) in [4.78, 5) is 29.5. The number of ketones is 1. The number of carbonyl (C=O) groups excluding carboxylic acids is 2. The quantitative estimate of drug-likeness (QED) is 0.803. The molecule has 3 rings (SSSR count). The Hall–Kier alpha value is -2.02. The van der Waals surface area contributed by atoms with E-state index < -0.39 is 11.7 Å². The molecule has 0 N–H and O–H groups in total. The normalized spacial score (nSPS) is 14.0. The van der Waals surface area contributed by atoms with Crippen LogP contribution in [0, 0.1) is 0 Å². The Bertz CT molecular complexity index is 711. The molecule has 2 heterocycles. The van der Waals surface area contributed by atoms with Crippen LogP contribution in [0.3, 0.4) is 0 Å². The SMILES string of the molecule is CCc1nc(CN2C(=O)C(=O)c3cccc(Br)c32)no1. The van der Waals surface area contributed by atoms with Crippen molar-refractivity contribution in [3.63, 3.8) is 0 Å². The van der Waals surface area contributed by atoms with Crippen molar-refractivity contribution in [1.29, 1.82) is 0 Å². The van der Waals surface area contributed by atoms with E-state index in [1.54, 1.807) is 18.2 Å². The molecule has 0 unspecified atom stereocenters. The fraction of sp³-hybridized carbons (Fsp3) is 0.231. The first-order valence-corrected chi connectivity index (χ1v) is 6.87. The number of hydrogen-bond donors (Lipinski definition) is 0. The summed E-state index contributed by atoms with van der Waals surface area (Å²) >= 11 is 3.36. The first-order valence-electron chi connectivity index (χ1n) is 6.08. The first-order chi connectivity index (χ1) is 9.61. The van der Waals surface area contributed by atoms with Crippen LogP contribution in [-0.2, 0) is 17.8 Å². The van der Waals surface area contributed by atoms with E-state index in [9.17, 15) is 9.59 Å². The van der Waals surface area contributed by atoms with Crippen LogP contribution in [0.4, 0.5) is 5.69 Å². The molecule has 1 amide bonds. The average Bonchev–Trinajstić information content (AvgIpc) is 2.99. The van der Waals surface area contributed by atoms with Crippen molar-refractivity contribution in [2.75, 3.05) is 4.90 Å². The van der Waals surface area contributed by atoms with Gasteiger partial charge in [-0.1, -0.05) is 18.1 Å². The standard InChI is InChI=1S/C13H10BrN3O3/c1-2-10-15-9(16-20-10)6-17-11-7(12(18)13(17)19)4-3-5-8(11)14/h3-5H,2,6H2,1H3. The second kappa shape index (κ2) is 4.82. The van der Waals surface area contributed by atoms with Crippen LogP contribution in [0.15, 0.2) is 27.2 Å². The Balaban J connectivity index is 1.98. The van der Waals surface area contributed by atoms with Gasteiger partial charge in [-0.25, -0.2) is 0 Å². The molecule has 7 heteroatoms. The molecule has 6 nitrogen and oxygen atoms in total. The van der Waals surface area contributed by atoms with Gasteiger partial charge in [0.25, 0.3) is 11.7 Å².